The lowest BCUT2D eigenvalue weighted by molar-refractivity contribution is 0.317. The average Bonchev–Trinajstić information content (AvgIpc) is 2.78. The Morgan fingerprint density at radius 1 is 1.12 bits per heavy atom. The fraction of sp³-hybridized carbons (Fsp3) is 0.857. The van der Waals surface area contributed by atoms with Crippen LogP contribution in [0.2, 0.25) is 0 Å². The van der Waals surface area contributed by atoms with Crippen molar-refractivity contribution in [2.24, 2.45) is 5.92 Å². The molecule has 1 aromatic heterocycles. The van der Waals surface area contributed by atoms with Crippen molar-refractivity contribution < 1.29 is 0 Å². The third-order valence-electron chi connectivity index (χ3n) is 3.86. The smallest absolute Gasteiger partial charge is 0.122 e. The molecule has 1 aromatic rings. The Hall–Kier alpha value is -0.440. The molecule has 2 nitrogen and oxygen atoms in total. The molecule has 0 amide bonds. The van der Waals surface area contributed by atoms with Gasteiger partial charge in [-0.3, -0.25) is 0 Å². The van der Waals surface area contributed by atoms with Gasteiger partial charge in [-0.25, -0.2) is 0 Å². The lowest BCUT2D eigenvalue weighted by atomic mass is 9.81. The van der Waals surface area contributed by atoms with E-state index in [0.717, 1.165) is 5.92 Å². The van der Waals surface area contributed by atoms with E-state index in [-0.39, 0.29) is 5.41 Å². The van der Waals surface area contributed by atoms with Gasteiger partial charge < -0.3 is 0 Å². The first-order chi connectivity index (χ1) is 8.00. The van der Waals surface area contributed by atoms with E-state index in [9.17, 15) is 0 Å². The molecular formula is C14H24N2S. The maximum atomic E-state index is 4.43. The zero-order valence-corrected chi connectivity index (χ0v) is 12.3. The number of hydrogen-bond donors (Lipinski definition) is 0. The lowest BCUT2D eigenvalue weighted by Gasteiger charge is -2.26. The second-order valence-electron chi connectivity index (χ2n) is 6.32. The van der Waals surface area contributed by atoms with E-state index in [4.69, 9.17) is 0 Å². The lowest BCUT2D eigenvalue weighted by Crippen LogP contribution is -2.12. The summed E-state index contributed by atoms with van der Waals surface area (Å²) in [4.78, 5) is 0. The molecule has 17 heavy (non-hydrogen) atoms. The van der Waals surface area contributed by atoms with Crippen molar-refractivity contribution in [3.8, 4) is 0 Å². The Bertz CT molecular complexity index is 357. The van der Waals surface area contributed by atoms with Gasteiger partial charge in [-0.15, -0.1) is 21.5 Å². The van der Waals surface area contributed by atoms with Crippen molar-refractivity contribution >= 4 is 11.3 Å². The van der Waals surface area contributed by atoms with Gasteiger partial charge in [-0.1, -0.05) is 34.1 Å². The largest absolute Gasteiger partial charge is 0.143 e. The van der Waals surface area contributed by atoms with Gasteiger partial charge in [0.15, 0.2) is 0 Å². The summed E-state index contributed by atoms with van der Waals surface area (Å²) in [6, 6.07) is 0. The minimum Gasteiger partial charge on any atom is -0.143 e. The van der Waals surface area contributed by atoms with E-state index in [1.54, 1.807) is 0 Å². The van der Waals surface area contributed by atoms with Crippen LogP contribution in [0.4, 0.5) is 0 Å². The Balaban J connectivity index is 2.02. The topological polar surface area (TPSA) is 25.8 Å². The fourth-order valence-electron chi connectivity index (χ4n) is 2.52. The van der Waals surface area contributed by atoms with Crippen LogP contribution in [0.1, 0.15) is 75.7 Å². The molecule has 0 N–H and O–H groups in total. The molecule has 0 unspecified atom stereocenters. The minimum atomic E-state index is 0.149. The van der Waals surface area contributed by atoms with Crippen LogP contribution < -0.4 is 0 Å². The number of nitrogens with zero attached hydrogens (tertiary/aromatic N) is 2. The van der Waals surface area contributed by atoms with Crippen LogP contribution in [0.5, 0.6) is 0 Å². The Morgan fingerprint density at radius 3 is 2.24 bits per heavy atom. The van der Waals surface area contributed by atoms with Crippen LogP contribution >= 0.6 is 11.3 Å². The molecule has 1 fully saturated rings. The first kappa shape index (κ1) is 13.0. The van der Waals surface area contributed by atoms with Gasteiger partial charge in [0.2, 0.25) is 0 Å². The summed E-state index contributed by atoms with van der Waals surface area (Å²) >= 11 is 1.83. The molecule has 1 aliphatic carbocycles. The predicted octanol–water partition coefficient (Wildman–Crippen LogP) is 4.52. The van der Waals surface area contributed by atoms with Crippen molar-refractivity contribution in [1.82, 2.24) is 10.2 Å². The van der Waals surface area contributed by atoms with E-state index in [2.05, 4.69) is 37.9 Å². The second kappa shape index (κ2) is 5.05. The van der Waals surface area contributed by atoms with Gasteiger partial charge in [0.25, 0.3) is 0 Å². The monoisotopic (exact) mass is 252 g/mol. The average molecular weight is 252 g/mol. The van der Waals surface area contributed by atoms with Gasteiger partial charge in [0.05, 0.1) is 0 Å². The second-order valence-corrected chi connectivity index (χ2v) is 7.33. The van der Waals surface area contributed by atoms with Crippen molar-refractivity contribution in [1.29, 1.82) is 0 Å². The molecule has 1 saturated carbocycles. The van der Waals surface area contributed by atoms with E-state index >= 15 is 0 Å². The zero-order valence-electron chi connectivity index (χ0n) is 11.5. The molecule has 0 radical (unpaired) electrons. The third-order valence-corrected chi connectivity index (χ3v) is 5.37. The molecule has 0 aliphatic heterocycles. The molecule has 0 bridgehead atoms. The minimum absolute atomic E-state index is 0.149. The Labute approximate surface area is 109 Å². The van der Waals surface area contributed by atoms with Crippen LogP contribution in [0, 0.1) is 5.92 Å². The normalized spacial score (nSPS) is 26.1. The van der Waals surface area contributed by atoms with Gasteiger partial charge in [-0.05, 0) is 31.6 Å². The first-order valence-corrected chi connectivity index (χ1v) is 7.66. The standard InChI is InChI=1S/C14H24N2S/c1-5-10-6-8-11(9-7-10)12-15-16-13(17-12)14(2,3)4/h10-11H,5-9H2,1-4H3. The van der Waals surface area contributed by atoms with Crippen molar-refractivity contribution in [3.05, 3.63) is 10.0 Å². The van der Waals surface area contributed by atoms with Gasteiger partial charge >= 0.3 is 0 Å². The van der Waals surface area contributed by atoms with Gasteiger partial charge in [0.1, 0.15) is 10.0 Å². The maximum absolute atomic E-state index is 4.43. The highest BCUT2D eigenvalue weighted by Crippen LogP contribution is 2.39. The van der Waals surface area contributed by atoms with Crippen LogP contribution in [0.3, 0.4) is 0 Å². The summed E-state index contributed by atoms with van der Waals surface area (Å²) in [6.07, 6.45) is 6.74. The van der Waals surface area contributed by atoms with E-state index in [1.165, 1.54) is 42.1 Å². The molecule has 2 rings (SSSR count). The van der Waals surface area contributed by atoms with Crippen LogP contribution in [0.15, 0.2) is 0 Å². The molecule has 0 spiro atoms. The quantitative estimate of drug-likeness (QED) is 0.773. The van der Waals surface area contributed by atoms with E-state index in [1.807, 2.05) is 11.3 Å². The molecule has 1 aliphatic rings. The summed E-state index contributed by atoms with van der Waals surface area (Å²) < 4.78 is 0. The highest BCUT2D eigenvalue weighted by Gasteiger charge is 2.26. The molecule has 1 heterocycles. The van der Waals surface area contributed by atoms with E-state index in [0.29, 0.717) is 5.92 Å². The zero-order chi connectivity index (χ0) is 12.5. The fourth-order valence-corrected chi connectivity index (χ4v) is 3.59. The summed E-state index contributed by atoms with van der Waals surface area (Å²) in [5.41, 5.74) is 0.149. The molecular weight excluding hydrogens is 228 g/mol. The number of rotatable bonds is 2. The SMILES string of the molecule is CCC1CCC(c2nnc(C(C)(C)C)s2)CC1. The molecule has 96 valence electrons. The highest BCUT2D eigenvalue weighted by molar-refractivity contribution is 7.11. The summed E-state index contributed by atoms with van der Waals surface area (Å²) in [5, 5.41) is 11.3. The predicted molar refractivity (Wildman–Crippen MR) is 73.6 cm³/mol. The molecule has 0 saturated heterocycles. The van der Waals surface area contributed by atoms with E-state index < -0.39 is 0 Å². The summed E-state index contributed by atoms with van der Waals surface area (Å²) in [6.45, 7) is 8.95. The molecule has 0 atom stereocenters. The van der Waals surface area contributed by atoms with Crippen molar-refractivity contribution in [2.45, 2.75) is 71.1 Å². The first-order valence-electron chi connectivity index (χ1n) is 6.84. The van der Waals surface area contributed by atoms with Crippen LogP contribution in [0.25, 0.3) is 0 Å². The van der Waals surface area contributed by atoms with Crippen molar-refractivity contribution in [2.75, 3.05) is 0 Å². The Kier molecular flexibility index (Phi) is 3.86. The summed E-state index contributed by atoms with van der Waals surface area (Å²) in [7, 11) is 0. The number of aromatic nitrogens is 2. The molecule has 3 heteroatoms. The Morgan fingerprint density at radius 2 is 1.76 bits per heavy atom. The molecule has 0 aromatic carbocycles. The third kappa shape index (κ3) is 3.06. The maximum Gasteiger partial charge on any atom is 0.122 e. The van der Waals surface area contributed by atoms with Crippen LogP contribution in [-0.4, -0.2) is 10.2 Å². The summed E-state index contributed by atoms with van der Waals surface area (Å²) in [5.74, 6) is 1.65. The van der Waals surface area contributed by atoms with Gasteiger partial charge in [0, 0.05) is 11.3 Å². The number of hydrogen-bond acceptors (Lipinski definition) is 3. The van der Waals surface area contributed by atoms with Gasteiger partial charge in [-0.2, -0.15) is 0 Å². The van der Waals surface area contributed by atoms with Crippen molar-refractivity contribution in [3.63, 3.8) is 0 Å². The van der Waals surface area contributed by atoms with Crippen LogP contribution in [-0.2, 0) is 5.41 Å². The highest BCUT2D eigenvalue weighted by atomic mass is 32.1.